The van der Waals surface area contributed by atoms with Crippen LogP contribution in [0.15, 0.2) is 0 Å². The topological polar surface area (TPSA) is 21.7 Å². The van der Waals surface area contributed by atoms with Gasteiger partial charge in [0.2, 0.25) is 0 Å². The summed E-state index contributed by atoms with van der Waals surface area (Å²) in [5.41, 5.74) is 0.238. The zero-order valence-electron chi connectivity index (χ0n) is 10.6. The molecular formula is C12H25NO2. The number of rotatable bonds is 5. The molecule has 0 radical (unpaired) electrons. The molecule has 0 aliphatic carbocycles. The Labute approximate surface area is 93.7 Å². The lowest BCUT2D eigenvalue weighted by atomic mass is 9.94. The highest BCUT2D eigenvalue weighted by Crippen LogP contribution is 2.19. The Morgan fingerprint density at radius 2 is 1.87 bits per heavy atom. The van der Waals surface area contributed by atoms with Crippen molar-refractivity contribution in [2.45, 2.75) is 33.8 Å². The van der Waals surface area contributed by atoms with E-state index in [1.54, 1.807) is 0 Å². The first-order chi connectivity index (χ1) is 6.99. The average Bonchev–Trinajstić information content (AvgIpc) is 2.16. The van der Waals surface area contributed by atoms with Crippen molar-refractivity contribution >= 4 is 0 Å². The van der Waals surface area contributed by atoms with E-state index in [4.69, 9.17) is 9.47 Å². The molecule has 0 aromatic rings. The molecule has 1 aliphatic rings. The third-order valence-electron chi connectivity index (χ3n) is 2.56. The predicted octanol–water partition coefficient (Wildman–Crippen LogP) is 1.77. The van der Waals surface area contributed by atoms with Crippen molar-refractivity contribution in [2.24, 2.45) is 5.41 Å². The van der Waals surface area contributed by atoms with Gasteiger partial charge in [-0.25, -0.2) is 0 Å². The molecule has 90 valence electrons. The quantitative estimate of drug-likeness (QED) is 0.697. The monoisotopic (exact) mass is 215 g/mol. The lowest BCUT2D eigenvalue weighted by Gasteiger charge is -2.35. The first kappa shape index (κ1) is 12.9. The summed E-state index contributed by atoms with van der Waals surface area (Å²) in [6.45, 7) is 14.5. The van der Waals surface area contributed by atoms with Crippen molar-refractivity contribution in [2.75, 3.05) is 39.5 Å². The summed E-state index contributed by atoms with van der Waals surface area (Å²) in [4.78, 5) is 2.47. The molecule has 0 amide bonds. The van der Waals surface area contributed by atoms with Crippen LogP contribution in [0.1, 0.15) is 27.7 Å². The SMILES string of the molecule is CC(C)OCC(C)(C)CN1CCOCC1. The minimum Gasteiger partial charge on any atom is -0.379 e. The van der Waals surface area contributed by atoms with Gasteiger partial charge in [-0.05, 0) is 13.8 Å². The minimum atomic E-state index is 0.238. The number of hydrogen-bond acceptors (Lipinski definition) is 3. The Morgan fingerprint density at radius 1 is 1.27 bits per heavy atom. The van der Waals surface area contributed by atoms with Crippen LogP contribution >= 0.6 is 0 Å². The van der Waals surface area contributed by atoms with E-state index in [-0.39, 0.29) is 5.41 Å². The maximum Gasteiger partial charge on any atom is 0.0594 e. The van der Waals surface area contributed by atoms with Gasteiger partial charge in [0.25, 0.3) is 0 Å². The van der Waals surface area contributed by atoms with Gasteiger partial charge in [-0.3, -0.25) is 4.90 Å². The molecule has 0 unspecified atom stereocenters. The van der Waals surface area contributed by atoms with E-state index in [0.717, 1.165) is 39.5 Å². The largest absolute Gasteiger partial charge is 0.379 e. The van der Waals surface area contributed by atoms with Crippen molar-refractivity contribution in [3.63, 3.8) is 0 Å². The van der Waals surface area contributed by atoms with E-state index in [1.165, 1.54) is 0 Å². The summed E-state index contributed by atoms with van der Waals surface area (Å²) < 4.78 is 11.0. The van der Waals surface area contributed by atoms with Gasteiger partial charge in [0, 0.05) is 25.0 Å². The molecule has 0 aromatic heterocycles. The molecule has 0 atom stereocenters. The first-order valence-electron chi connectivity index (χ1n) is 5.91. The normalized spacial score (nSPS) is 19.8. The molecule has 15 heavy (non-hydrogen) atoms. The molecule has 1 saturated heterocycles. The van der Waals surface area contributed by atoms with Crippen molar-refractivity contribution in [1.82, 2.24) is 4.90 Å². The highest BCUT2D eigenvalue weighted by atomic mass is 16.5. The zero-order chi connectivity index (χ0) is 11.3. The van der Waals surface area contributed by atoms with Crippen molar-refractivity contribution in [1.29, 1.82) is 0 Å². The number of nitrogens with zero attached hydrogens (tertiary/aromatic N) is 1. The Morgan fingerprint density at radius 3 is 2.40 bits per heavy atom. The van der Waals surface area contributed by atoms with Crippen LogP contribution in [0.2, 0.25) is 0 Å². The number of hydrogen-bond donors (Lipinski definition) is 0. The maximum absolute atomic E-state index is 5.69. The van der Waals surface area contributed by atoms with Gasteiger partial charge in [0.1, 0.15) is 0 Å². The summed E-state index contributed by atoms with van der Waals surface area (Å²) in [6.07, 6.45) is 0.328. The van der Waals surface area contributed by atoms with E-state index in [1.807, 2.05) is 0 Å². The van der Waals surface area contributed by atoms with Gasteiger partial charge in [-0.2, -0.15) is 0 Å². The van der Waals surface area contributed by atoms with Gasteiger partial charge >= 0.3 is 0 Å². The molecule has 1 fully saturated rings. The minimum absolute atomic E-state index is 0.238. The molecule has 1 heterocycles. The molecule has 1 aliphatic heterocycles. The Hall–Kier alpha value is -0.120. The van der Waals surface area contributed by atoms with Gasteiger partial charge in [0.05, 0.1) is 25.9 Å². The summed E-state index contributed by atoms with van der Waals surface area (Å²) >= 11 is 0. The van der Waals surface area contributed by atoms with Crippen LogP contribution in [0.25, 0.3) is 0 Å². The lowest BCUT2D eigenvalue weighted by Crippen LogP contribution is -2.43. The van der Waals surface area contributed by atoms with Crippen LogP contribution in [0.4, 0.5) is 0 Å². The van der Waals surface area contributed by atoms with Crippen molar-refractivity contribution in [3.8, 4) is 0 Å². The molecule has 3 heteroatoms. The van der Waals surface area contributed by atoms with Crippen LogP contribution < -0.4 is 0 Å². The van der Waals surface area contributed by atoms with Crippen LogP contribution in [-0.4, -0.2) is 50.5 Å². The second-order valence-corrected chi connectivity index (χ2v) is 5.41. The number of morpholine rings is 1. The van der Waals surface area contributed by atoms with Crippen LogP contribution in [0, 0.1) is 5.41 Å². The van der Waals surface area contributed by atoms with Crippen molar-refractivity contribution in [3.05, 3.63) is 0 Å². The van der Waals surface area contributed by atoms with Crippen LogP contribution in [0.3, 0.4) is 0 Å². The number of ether oxygens (including phenoxy) is 2. The molecule has 0 aromatic carbocycles. The van der Waals surface area contributed by atoms with Gasteiger partial charge < -0.3 is 9.47 Å². The molecule has 0 bridgehead atoms. The van der Waals surface area contributed by atoms with Crippen molar-refractivity contribution < 1.29 is 9.47 Å². The summed E-state index contributed by atoms with van der Waals surface area (Å²) in [7, 11) is 0. The summed E-state index contributed by atoms with van der Waals surface area (Å²) in [5.74, 6) is 0. The van der Waals surface area contributed by atoms with Crippen LogP contribution in [-0.2, 0) is 9.47 Å². The van der Waals surface area contributed by atoms with E-state index in [9.17, 15) is 0 Å². The fraction of sp³-hybridized carbons (Fsp3) is 1.00. The van der Waals surface area contributed by atoms with Gasteiger partial charge in [-0.15, -0.1) is 0 Å². The molecule has 0 saturated carbocycles. The lowest BCUT2D eigenvalue weighted by molar-refractivity contribution is -0.0184. The first-order valence-corrected chi connectivity index (χ1v) is 5.91. The Kier molecular flexibility index (Phi) is 5.03. The summed E-state index contributed by atoms with van der Waals surface area (Å²) in [6, 6.07) is 0. The second kappa shape index (κ2) is 5.83. The highest BCUT2D eigenvalue weighted by molar-refractivity contribution is 4.75. The fourth-order valence-electron chi connectivity index (χ4n) is 1.80. The van der Waals surface area contributed by atoms with Gasteiger partial charge in [-0.1, -0.05) is 13.8 Å². The Bertz CT molecular complexity index is 174. The molecule has 0 spiro atoms. The standard InChI is InChI=1S/C12H25NO2/c1-11(2)15-10-12(3,4)9-13-5-7-14-8-6-13/h11H,5-10H2,1-4H3. The summed E-state index contributed by atoms with van der Waals surface area (Å²) in [5, 5.41) is 0. The van der Waals surface area contributed by atoms with Crippen LogP contribution in [0.5, 0.6) is 0 Å². The average molecular weight is 215 g/mol. The van der Waals surface area contributed by atoms with E-state index in [0.29, 0.717) is 6.10 Å². The van der Waals surface area contributed by atoms with E-state index < -0.39 is 0 Å². The zero-order valence-corrected chi connectivity index (χ0v) is 10.6. The molecule has 3 nitrogen and oxygen atoms in total. The molecular weight excluding hydrogens is 190 g/mol. The predicted molar refractivity (Wildman–Crippen MR) is 62.1 cm³/mol. The molecule has 0 N–H and O–H groups in total. The molecule has 1 rings (SSSR count). The second-order valence-electron chi connectivity index (χ2n) is 5.41. The highest BCUT2D eigenvalue weighted by Gasteiger charge is 2.23. The van der Waals surface area contributed by atoms with E-state index in [2.05, 4.69) is 32.6 Å². The van der Waals surface area contributed by atoms with Gasteiger partial charge in [0.15, 0.2) is 0 Å². The van der Waals surface area contributed by atoms with E-state index >= 15 is 0 Å². The smallest absolute Gasteiger partial charge is 0.0594 e. The Balaban J connectivity index is 2.26. The fourth-order valence-corrected chi connectivity index (χ4v) is 1.80. The third-order valence-corrected chi connectivity index (χ3v) is 2.56. The third kappa shape index (κ3) is 5.50. The maximum atomic E-state index is 5.69.